The lowest BCUT2D eigenvalue weighted by Gasteiger charge is -2.21. The van der Waals surface area contributed by atoms with Gasteiger partial charge in [-0.1, -0.05) is 23.1 Å². The summed E-state index contributed by atoms with van der Waals surface area (Å²) in [5.41, 5.74) is 2.83. The molecule has 2 aromatic rings. The molecule has 0 radical (unpaired) electrons. The zero-order valence-corrected chi connectivity index (χ0v) is 15.1. The summed E-state index contributed by atoms with van der Waals surface area (Å²) in [5.74, 6) is 6.86. The highest BCUT2D eigenvalue weighted by Crippen LogP contribution is 2.27. The molecule has 1 saturated carbocycles. The van der Waals surface area contributed by atoms with Crippen LogP contribution >= 0.6 is 0 Å². The summed E-state index contributed by atoms with van der Waals surface area (Å²) >= 11 is 0. The van der Waals surface area contributed by atoms with Crippen molar-refractivity contribution in [3.63, 3.8) is 0 Å². The van der Waals surface area contributed by atoms with Crippen molar-refractivity contribution in [1.82, 2.24) is 15.0 Å². The molecule has 1 aliphatic carbocycles. The van der Waals surface area contributed by atoms with Gasteiger partial charge in [0.15, 0.2) is 5.69 Å². The average Bonchev–Trinajstić information content (AvgIpc) is 3.38. The molecule has 2 heterocycles. The van der Waals surface area contributed by atoms with E-state index in [4.69, 9.17) is 4.74 Å². The van der Waals surface area contributed by atoms with Gasteiger partial charge in [0.2, 0.25) is 5.78 Å². The molecule has 0 amide bonds. The molecule has 1 aromatic carbocycles. The standard InChI is InChI=1S/C21H23N3O2/c1-15-5-6-17(10-9-16-7-8-16)12-19(15)21(25)20-14-24(23-22-20)13-18-4-2-3-11-26-18/h5-6,12,14,16,18H,2-4,7-8,11,13H2,1H3. The number of hydrogen-bond acceptors (Lipinski definition) is 4. The maximum Gasteiger partial charge on any atom is 0.215 e. The molecule has 5 heteroatoms. The second-order valence-electron chi connectivity index (χ2n) is 7.22. The number of aryl methyl sites for hydroxylation is 1. The van der Waals surface area contributed by atoms with Gasteiger partial charge in [-0.2, -0.15) is 0 Å². The van der Waals surface area contributed by atoms with Gasteiger partial charge in [-0.15, -0.1) is 5.10 Å². The number of hydrogen-bond donors (Lipinski definition) is 0. The Morgan fingerprint density at radius 1 is 1.31 bits per heavy atom. The first-order valence-corrected chi connectivity index (χ1v) is 9.37. The molecule has 2 aliphatic rings. The van der Waals surface area contributed by atoms with Gasteiger partial charge in [0.25, 0.3) is 0 Å². The van der Waals surface area contributed by atoms with Crippen LogP contribution in [0.2, 0.25) is 0 Å². The summed E-state index contributed by atoms with van der Waals surface area (Å²) in [6.07, 6.45) is 7.61. The highest BCUT2D eigenvalue weighted by Gasteiger charge is 2.20. The monoisotopic (exact) mass is 349 g/mol. The molecular formula is C21H23N3O2. The van der Waals surface area contributed by atoms with E-state index in [1.807, 2.05) is 25.1 Å². The molecule has 1 unspecified atom stereocenters. The molecule has 134 valence electrons. The van der Waals surface area contributed by atoms with Crippen LogP contribution in [0.3, 0.4) is 0 Å². The quantitative estimate of drug-likeness (QED) is 0.628. The van der Waals surface area contributed by atoms with E-state index in [1.165, 1.54) is 19.3 Å². The van der Waals surface area contributed by atoms with E-state index in [2.05, 4.69) is 22.2 Å². The highest BCUT2D eigenvalue weighted by molar-refractivity contribution is 6.08. The first-order valence-electron chi connectivity index (χ1n) is 9.37. The predicted octanol–water partition coefficient (Wildman–Crippen LogP) is 3.15. The predicted molar refractivity (Wildman–Crippen MR) is 97.8 cm³/mol. The fraction of sp³-hybridized carbons (Fsp3) is 0.476. The summed E-state index contributed by atoms with van der Waals surface area (Å²) in [4.78, 5) is 12.9. The van der Waals surface area contributed by atoms with Gasteiger partial charge >= 0.3 is 0 Å². The van der Waals surface area contributed by atoms with Crippen molar-refractivity contribution in [1.29, 1.82) is 0 Å². The third-order valence-corrected chi connectivity index (χ3v) is 4.92. The van der Waals surface area contributed by atoms with Crippen molar-refractivity contribution < 1.29 is 9.53 Å². The number of benzene rings is 1. The van der Waals surface area contributed by atoms with E-state index in [0.29, 0.717) is 23.7 Å². The summed E-state index contributed by atoms with van der Waals surface area (Å²) < 4.78 is 7.45. The second kappa shape index (κ2) is 7.43. The van der Waals surface area contributed by atoms with Crippen molar-refractivity contribution in [2.75, 3.05) is 6.61 Å². The first kappa shape index (κ1) is 17.0. The molecule has 1 aliphatic heterocycles. The number of carbonyl (C=O) groups is 1. The van der Waals surface area contributed by atoms with Gasteiger partial charge in [0, 0.05) is 23.7 Å². The minimum absolute atomic E-state index is 0.103. The maximum absolute atomic E-state index is 12.9. The Balaban J connectivity index is 1.50. The minimum Gasteiger partial charge on any atom is -0.376 e. The van der Waals surface area contributed by atoms with Gasteiger partial charge in [-0.25, -0.2) is 4.68 Å². The number of nitrogens with zero attached hydrogens (tertiary/aromatic N) is 3. The number of carbonyl (C=O) groups excluding carboxylic acids is 1. The van der Waals surface area contributed by atoms with E-state index in [9.17, 15) is 4.79 Å². The third kappa shape index (κ3) is 4.03. The Morgan fingerprint density at radius 3 is 2.96 bits per heavy atom. The smallest absolute Gasteiger partial charge is 0.215 e. The van der Waals surface area contributed by atoms with Crippen LogP contribution in [0.4, 0.5) is 0 Å². The largest absolute Gasteiger partial charge is 0.376 e. The van der Waals surface area contributed by atoms with E-state index in [1.54, 1.807) is 10.9 Å². The number of aromatic nitrogens is 3. The van der Waals surface area contributed by atoms with Crippen LogP contribution < -0.4 is 0 Å². The van der Waals surface area contributed by atoms with Crippen LogP contribution in [0.1, 0.15) is 59.3 Å². The second-order valence-corrected chi connectivity index (χ2v) is 7.22. The first-order chi connectivity index (χ1) is 12.7. The lowest BCUT2D eigenvalue weighted by Crippen LogP contribution is -2.24. The zero-order chi connectivity index (χ0) is 17.9. The molecule has 0 bridgehead atoms. The van der Waals surface area contributed by atoms with Crippen LogP contribution in [0.15, 0.2) is 24.4 Å². The van der Waals surface area contributed by atoms with Gasteiger partial charge < -0.3 is 4.74 Å². The maximum atomic E-state index is 12.9. The Kier molecular flexibility index (Phi) is 4.85. The lowest BCUT2D eigenvalue weighted by molar-refractivity contribution is 0.00369. The van der Waals surface area contributed by atoms with Gasteiger partial charge in [-0.3, -0.25) is 4.79 Å². The Morgan fingerprint density at radius 2 is 2.19 bits per heavy atom. The number of rotatable bonds is 4. The molecule has 1 saturated heterocycles. The fourth-order valence-electron chi connectivity index (χ4n) is 3.15. The van der Waals surface area contributed by atoms with Crippen LogP contribution in [-0.2, 0) is 11.3 Å². The lowest BCUT2D eigenvalue weighted by atomic mass is 10.00. The molecule has 4 rings (SSSR count). The van der Waals surface area contributed by atoms with Crippen LogP contribution in [0.25, 0.3) is 0 Å². The topological polar surface area (TPSA) is 57.0 Å². The molecule has 2 fully saturated rings. The van der Waals surface area contributed by atoms with Crippen LogP contribution in [0.5, 0.6) is 0 Å². The minimum atomic E-state index is -0.103. The average molecular weight is 349 g/mol. The summed E-state index contributed by atoms with van der Waals surface area (Å²) in [5, 5.41) is 8.20. The SMILES string of the molecule is Cc1ccc(C#CC2CC2)cc1C(=O)c1cn(CC2CCCCO2)nn1. The van der Waals surface area contributed by atoms with Gasteiger partial charge in [-0.05, 0) is 56.7 Å². The molecular weight excluding hydrogens is 326 g/mol. The van der Waals surface area contributed by atoms with E-state index < -0.39 is 0 Å². The zero-order valence-electron chi connectivity index (χ0n) is 15.1. The summed E-state index contributed by atoms with van der Waals surface area (Å²) in [6, 6.07) is 5.79. The number of ketones is 1. The molecule has 0 N–H and O–H groups in total. The van der Waals surface area contributed by atoms with Gasteiger partial charge in [0.1, 0.15) is 0 Å². The highest BCUT2D eigenvalue weighted by atomic mass is 16.5. The third-order valence-electron chi connectivity index (χ3n) is 4.92. The fourth-order valence-corrected chi connectivity index (χ4v) is 3.15. The Bertz CT molecular complexity index is 865. The molecule has 26 heavy (non-hydrogen) atoms. The Hall–Kier alpha value is -2.45. The molecule has 5 nitrogen and oxygen atoms in total. The van der Waals surface area contributed by atoms with E-state index in [0.717, 1.165) is 30.6 Å². The van der Waals surface area contributed by atoms with Gasteiger partial charge in [0.05, 0.1) is 18.8 Å². The van der Waals surface area contributed by atoms with Crippen molar-refractivity contribution >= 4 is 5.78 Å². The number of ether oxygens (including phenoxy) is 1. The molecule has 1 aromatic heterocycles. The van der Waals surface area contributed by atoms with Crippen molar-refractivity contribution in [3.8, 4) is 11.8 Å². The Labute approximate surface area is 153 Å². The van der Waals surface area contributed by atoms with E-state index in [-0.39, 0.29) is 11.9 Å². The summed E-state index contributed by atoms with van der Waals surface area (Å²) in [7, 11) is 0. The molecule has 1 atom stereocenters. The summed E-state index contributed by atoms with van der Waals surface area (Å²) in [6.45, 7) is 3.39. The van der Waals surface area contributed by atoms with Crippen molar-refractivity contribution in [2.24, 2.45) is 5.92 Å². The van der Waals surface area contributed by atoms with Crippen molar-refractivity contribution in [2.45, 2.75) is 51.7 Å². The normalized spacial score (nSPS) is 19.7. The van der Waals surface area contributed by atoms with Crippen molar-refractivity contribution in [3.05, 3.63) is 46.8 Å². The van der Waals surface area contributed by atoms with Crippen LogP contribution in [-0.4, -0.2) is 33.5 Å². The van der Waals surface area contributed by atoms with Crippen LogP contribution in [0, 0.1) is 24.7 Å². The molecule has 0 spiro atoms. The van der Waals surface area contributed by atoms with E-state index >= 15 is 0 Å².